The third kappa shape index (κ3) is 4.59. The predicted molar refractivity (Wildman–Crippen MR) is 118 cm³/mol. The first-order valence-electron chi connectivity index (χ1n) is 9.87. The Kier molecular flexibility index (Phi) is 6.04. The van der Waals surface area contributed by atoms with Gasteiger partial charge in [0.15, 0.2) is 0 Å². The molecule has 0 aliphatic heterocycles. The second kappa shape index (κ2) is 8.82. The van der Waals surface area contributed by atoms with Crippen molar-refractivity contribution in [3.05, 3.63) is 46.9 Å². The summed E-state index contributed by atoms with van der Waals surface area (Å²) in [7, 11) is 1.39. The number of nitrogens with one attached hydrogen (secondary N) is 2. The van der Waals surface area contributed by atoms with Crippen molar-refractivity contribution in [2.75, 3.05) is 10.6 Å². The number of aromatic nitrogens is 7. The zero-order valence-electron chi connectivity index (χ0n) is 18.0. The maximum absolute atomic E-state index is 13.7. The minimum absolute atomic E-state index is 0.0652. The van der Waals surface area contributed by atoms with Crippen LogP contribution in [0.25, 0.3) is 22.6 Å². The normalized spacial score (nSPS) is 11.8. The van der Waals surface area contributed by atoms with Crippen molar-refractivity contribution in [1.29, 1.82) is 0 Å². The molecule has 0 saturated carbocycles. The number of carbonyl (C=O) groups excluding carboxylic acids is 1. The van der Waals surface area contributed by atoms with Crippen LogP contribution in [0.3, 0.4) is 0 Å². The molecule has 0 saturated heterocycles. The van der Waals surface area contributed by atoms with Crippen molar-refractivity contribution in [2.24, 2.45) is 7.05 Å². The van der Waals surface area contributed by atoms with E-state index in [9.17, 15) is 18.0 Å². The van der Waals surface area contributed by atoms with Crippen LogP contribution in [0.2, 0.25) is 5.15 Å². The predicted octanol–water partition coefficient (Wildman–Crippen LogP) is 4.65. The van der Waals surface area contributed by atoms with Crippen LogP contribution in [-0.4, -0.2) is 41.2 Å². The maximum atomic E-state index is 13.7. The number of rotatable bonds is 4. The van der Waals surface area contributed by atoms with E-state index in [0.29, 0.717) is 22.3 Å². The molecule has 0 fully saturated rings. The van der Waals surface area contributed by atoms with Crippen LogP contribution >= 0.6 is 11.6 Å². The standard InChI is InChI=1S/C20H17ClF3N9O/c1-9(2)15-13(8-25-12-4-5-14(21)29-17(12)15)28-19(34)27-10-6-11(20(22,23)24)16(26-7-10)18-30-31-32-33(18)3/h4-9H,1-3H3,(H2,27,28,34). The molecule has 0 aliphatic carbocycles. The molecule has 0 spiro atoms. The lowest BCUT2D eigenvalue weighted by Gasteiger charge is -2.17. The first-order valence-corrected chi connectivity index (χ1v) is 10.3. The van der Waals surface area contributed by atoms with E-state index in [1.54, 1.807) is 12.1 Å². The minimum Gasteiger partial charge on any atom is -0.306 e. The van der Waals surface area contributed by atoms with Crippen LogP contribution < -0.4 is 10.6 Å². The summed E-state index contributed by atoms with van der Waals surface area (Å²) in [6, 6.07) is 3.29. The number of hydrogen-bond donors (Lipinski definition) is 2. The summed E-state index contributed by atoms with van der Waals surface area (Å²) in [5.41, 5.74) is 0.397. The minimum atomic E-state index is -4.76. The molecule has 2 N–H and O–H groups in total. The van der Waals surface area contributed by atoms with Crippen molar-refractivity contribution in [2.45, 2.75) is 25.9 Å². The molecule has 4 aromatic heterocycles. The molecule has 4 aromatic rings. The van der Waals surface area contributed by atoms with E-state index in [-0.39, 0.29) is 22.6 Å². The summed E-state index contributed by atoms with van der Waals surface area (Å²) < 4.78 is 42.1. The monoisotopic (exact) mass is 491 g/mol. The molecular weight excluding hydrogens is 475 g/mol. The highest BCUT2D eigenvalue weighted by Gasteiger charge is 2.36. The van der Waals surface area contributed by atoms with Gasteiger partial charge in [0, 0.05) is 12.6 Å². The van der Waals surface area contributed by atoms with E-state index in [1.165, 1.54) is 13.2 Å². The van der Waals surface area contributed by atoms with Gasteiger partial charge < -0.3 is 10.6 Å². The largest absolute Gasteiger partial charge is 0.418 e. The lowest BCUT2D eigenvalue weighted by atomic mass is 10.0. The van der Waals surface area contributed by atoms with Crippen LogP contribution in [-0.2, 0) is 13.2 Å². The Morgan fingerprint density at radius 1 is 1.15 bits per heavy atom. The lowest BCUT2D eigenvalue weighted by Crippen LogP contribution is -2.22. The van der Waals surface area contributed by atoms with Crippen molar-refractivity contribution in [3.8, 4) is 11.5 Å². The summed E-state index contributed by atoms with van der Waals surface area (Å²) in [5, 5.41) is 15.7. The van der Waals surface area contributed by atoms with Crippen LogP contribution in [0.4, 0.5) is 29.3 Å². The SMILES string of the molecule is CC(C)c1c(NC(=O)Nc2cnc(-c3nnnn3C)c(C(F)(F)F)c2)cnc2ccc(Cl)nc12. The summed E-state index contributed by atoms with van der Waals surface area (Å²) in [5.74, 6) is -0.233. The number of aryl methyl sites for hydroxylation is 1. The second-order valence-electron chi connectivity index (χ2n) is 7.57. The molecule has 0 bridgehead atoms. The van der Waals surface area contributed by atoms with Crippen molar-refractivity contribution in [1.82, 2.24) is 35.2 Å². The molecule has 0 aliphatic rings. The zero-order chi connectivity index (χ0) is 24.6. The maximum Gasteiger partial charge on any atom is 0.418 e. The molecule has 0 radical (unpaired) electrons. The molecule has 2 amide bonds. The fraction of sp³-hybridized carbons (Fsp3) is 0.250. The fourth-order valence-electron chi connectivity index (χ4n) is 3.39. The third-order valence-electron chi connectivity index (χ3n) is 4.83. The van der Waals surface area contributed by atoms with Crippen molar-refractivity contribution >= 4 is 40.0 Å². The highest BCUT2D eigenvalue weighted by Crippen LogP contribution is 2.36. The lowest BCUT2D eigenvalue weighted by molar-refractivity contribution is -0.137. The molecule has 4 heterocycles. The van der Waals surface area contributed by atoms with Gasteiger partial charge in [-0.2, -0.15) is 13.2 Å². The Labute approximate surface area is 195 Å². The van der Waals surface area contributed by atoms with E-state index in [1.807, 2.05) is 13.8 Å². The number of tetrazole rings is 1. The van der Waals surface area contributed by atoms with E-state index in [4.69, 9.17) is 11.6 Å². The number of pyridine rings is 3. The van der Waals surface area contributed by atoms with Gasteiger partial charge in [-0.05, 0) is 34.5 Å². The van der Waals surface area contributed by atoms with Gasteiger partial charge in [0.1, 0.15) is 10.8 Å². The number of amides is 2. The number of fused-ring (bicyclic) bond motifs is 1. The Morgan fingerprint density at radius 2 is 1.91 bits per heavy atom. The number of halogens is 4. The number of anilines is 2. The van der Waals surface area contributed by atoms with Gasteiger partial charge in [-0.3, -0.25) is 9.97 Å². The molecule has 0 atom stereocenters. The number of carbonyl (C=O) groups is 1. The van der Waals surface area contributed by atoms with Crippen LogP contribution in [0.15, 0.2) is 30.6 Å². The van der Waals surface area contributed by atoms with Crippen molar-refractivity contribution in [3.63, 3.8) is 0 Å². The van der Waals surface area contributed by atoms with Gasteiger partial charge in [0.2, 0.25) is 5.82 Å². The van der Waals surface area contributed by atoms with E-state index >= 15 is 0 Å². The topological polar surface area (TPSA) is 123 Å². The highest BCUT2D eigenvalue weighted by atomic mass is 35.5. The van der Waals surface area contributed by atoms with Gasteiger partial charge >= 0.3 is 12.2 Å². The fourth-order valence-corrected chi connectivity index (χ4v) is 3.54. The van der Waals surface area contributed by atoms with E-state index in [2.05, 4.69) is 41.1 Å². The highest BCUT2D eigenvalue weighted by molar-refractivity contribution is 6.29. The van der Waals surface area contributed by atoms with Crippen LogP contribution in [0.5, 0.6) is 0 Å². The van der Waals surface area contributed by atoms with Gasteiger partial charge in [0.25, 0.3) is 0 Å². The van der Waals surface area contributed by atoms with Gasteiger partial charge in [-0.1, -0.05) is 25.4 Å². The van der Waals surface area contributed by atoms with Crippen molar-refractivity contribution < 1.29 is 18.0 Å². The molecular formula is C20H17ClF3N9O. The number of urea groups is 1. The van der Waals surface area contributed by atoms with Gasteiger partial charge in [-0.15, -0.1) is 5.10 Å². The van der Waals surface area contributed by atoms with E-state index in [0.717, 1.165) is 16.9 Å². The Morgan fingerprint density at radius 3 is 2.56 bits per heavy atom. The van der Waals surface area contributed by atoms with Gasteiger partial charge in [0.05, 0.1) is 40.4 Å². The molecule has 176 valence electrons. The first-order chi connectivity index (χ1) is 16.0. The molecule has 0 unspecified atom stereocenters. The Balaban J connectivity index is 1.64. The summed E-state index contributed by atoms with van der Waals surface area (Å²) in [6.07, 6.45) is -2.22. The second-order valence-corrected chi connectivity index (χ2v) is 7.95. The molecule has 4 rings (SSSR count). The summed E-state index contributed by atoms with van der Waals surface area (Å²) >= 11 is 6.02. The van der Waals surface area contributed by atoms with E-state index < -0.39 is 23.5 Å². The molecule has 10 nitrogen and oxygen atoms in total. The Bertz CT molecular complexity index is 1390. The smallest absolute Gasteiger partial charge is 0.306 e. The summed E-state index contributed by atoms with van der Waals surface area (Å²) in [4.78, 5) is 25.1. The summed E-state index contributed by atoms with van der Waals surface area (Å²) in [6.45, 7) is 3.81. The quantitative estimate of drug-likeness (QED) is 0.398. The van der Waals surface area contributed by atoms with Crippen LogP contribution in [0.1, 0.15) is 30.9 Å². The van der Waals surface area contributed by atoms with Gasteiger partial charge in [-0.25, -0.2) is 14.5 Å². The molecule has 34 heavy (non-hydrogen) atoms. The average molecular weight is 492 g/mol. The number of alkyl halides is 3. The average Bonchev–Trinajstić information content (AvgIpc) is 3.18. The number of hydrogen-bond acceptors (Lipinski definition) is 7. The first kappa shape index (κ1) is 23.3. The number of nitrogens with zero attached hydrogens (tertiary/aromatic N) is 7. The van der Waals surface area contributed by atoms with Crippen LogP contribution in [0, 0.1) is 0 Å². The zero-order valence-corrected chi connectivity index (χ0v) is 18.8. The Hall–Kier alpha value is -3.87. The molecule has 14 heteroatoms. The molecule has 0 aromatic carbocycles. The third-order valence-corrected chi connectivity index (χ3v) is 5.04.